The predicted molar refractivity (Wildman–Crippen MR) is 126 cm³/mol. The SMILES string of the molecule is CCOc1ccc([C@@H](CC(=O)NCc2ccccc2)N2Cc3ccccc3C2=O)cc1OC. The maximum absolute atomic E-state index is 13.2. The average Bonchev–Trinajstić information content (AvgIpc) is 3.18. The lowest BCUT2D eigenvalue weighted by atomic mass is 10.0. The Bertz CT molecular complexity index is 1130. The molecular formula is C27H28N2O4. The molecule has 0 saturated heterocycles. The van der Waals surface area contributed by atoms with Crippen molar-refractivity contribution in [3.05, 3.63) is 95.1 Å². The van der Waals surface area contributed by atoms with Crippen LogP contribution in [-0.2, 0) is 17.9 Å². The molecule has 0 radical (unpaired) electrons. The maximum atomic E-state index is 13.2. The average molecular weight is 445 g/mol. The van der Waals surface area contributed by atoms with Crippen molar-refractivity contribution in [2.75, 3.05) is 13.7 Å². The van der Waals surface area contributed by atoms with E-state index in [0.29, 0.717) is 36.8 Å². The van der Waals surface area contributed by atoms with E-state index >= 15 is 0 Å². The molecule has 0 aromatic heterocycles. The molecule has 3 aromatic carbocycles. The van der Waals surface area contributed by atoms with Gasteiger partial charge in [-0.25, -0.2) is 0 Å². The molecule has 1 atom stereocenters. The first-order valence-electron chi connectivity index (χ1n) is 11.1. The van der Waals surface area contributed by atoms with E-state index in [1.165, 1.54) is 0 Å². The zero-order valence-corrected chi connectivity index (χ0v) is 18.9. The van der Waals surface area contributed by atoms with Crippen LogP contribution in [0.3, 0.4) is 0 Å². The van der Waals surface area contributed by atoms with E-state index in [1.54, 1.807) is 12.0 Å². The van der Waals surface area contributed by atoms with Gasteiger partial charge in [-0.15, -0.1) is 0 Å². The monoisotopic (exact) mass is 444 g/mol. The van der Waals surface area contributed by atoms with Gasteiger partial charge < -0.3 is 19.7 Å². The van der Waals surface area contributed by atoms with Crippen molar-refractivity contribution in [3.63, 3.8) is 0 Å². The van der Waals surface area contributed by atoms with Crippen LogP contribution in [0.5, 0.6) is 11.5 Å². The highest BCUT2D eigenvalue weighted by Gasteiger charge is 2.34. The summed E-state index contributed by atoms with van der Waals surface area (Å²) in [6.45, 7) is 3.32. The number of nitrogens with zero attached hydrogens (tertiary/aromatic N) is 1. The van der Waals surface area contributed by atoms with Gasteiger partial charge in [0.15, 0.2) is 11.5 Å². The van der Waals surface area contributed by atoms with Gasteiger partial charge in [-0.05, 0) is 41.8 Å². The quantitative estimate of drug-likeness (QED) is 0.528. The number of amides is 2. The third-order valence-corrected chi connectivity index (χ3v) is 5.81. The molecule has 6 nitrogen and oxygen atoms in total. The number of methoxy groups -OCH3 is 1. The van der Waals surface area contributed by atoms with Crippen LogP contribution in [0.2, 0.25) is 0 Å². The van der Waals surface area contributed by atoms with Crippen molar-refractivity contribution >= 4 is 11.8 Å². The van der Waals surface area contributed by atoms with Gasteiger partial charge in [0.1, 0.15) is 0 Å². The Morgan fingerprint density at radius 3 is 2.52 bits per heavy atom. The summed E-state index contributed by atoms with van der Waals surface area (Å²) in [4.78, 5) is 28.0. The molecule has 1 N–H and O–H groups in total. The number of carbonyl (C=O) groups excluding carboxylic acids is 2. The Morgan fingerprint density at radius 1 is 1.03 bits per heavy atom. The second-order valence-corrected chi connectivity index (χ2v) is 7.92. The fourth-order valence-electron chi connectivity index (χ4n) is 4.15. The number of carbonyl (C=O) groups is 2. The molecule has 4 rings (SSSR count). The minimum atomic E-state index is -0.440. The topological polar surface area (TPSA) is 67.9 Å². The second kappa shape index (κ2) is 10.2. The van der Waals surface area contributed by atoms with Gasteiger partial charge in [0.05, 0.1) is 26.2 Å². The van der Waals surface area contributed by atoms with Crippen LogP contribution >= 0.6 is 0 Å². The Hall–Kier alpha value is -3.80. The zero-order valence-electron chi connectivity index (χ0n) is 18.9. The lowest BCUT2D eigenvalue weighted by molar-refractivity contribution is -0.122. The van der Waals surface area contributed by atoms with Gasteiger partial charge in [0.25, 0.3) is 5.91 Å². The van der Waals surface area contributed by atoms with E-state index in [4.69, 9.17) is 9.47 Å². The molecule has 1 aliphatic rings. The number of hydrogen-bond donors (Lipinski definition) is 1. The molecule has 1 heterocycles. The largest absolute Gasteiger partial charge is 0.493 e. The molecule has 0 spiro atoms. The molecule has 0 bridgehead atoms. The minimum absolute atomic E-state index is 0.0701. The Kier molecular flexibility index (Phi) is 6.93. The second-order valence-electron chi connectivity index (χ2n) is 7.92. The smallest absolute Gasteiger partial charge is 0.255 e. The van der Waals surface area contributed by atoms with Gasteiger partial charge in [-0.2, -0.15) is 0 Å². The summed E-state index contributed by atoms with van der Waals surface area (Å²) in [5, 5.41) is 2.99. The Morgan fingerprint density at radius 2 is 1.79 bits per heavy atom. The fraction of sp³-hybridized carbons (Fsp3) is 0.259. The first-order valence-corrected chi connectivity index (χ1v) is 11.1. The third kappa shape index (κ3) is 5.00. The van der Waals surface area contributed by atoms with Gasteiger partial charge >= 0.3 is 0 Å². The molecule has 170 valence electrons. The predicted octanol–water partition coefficient (Wildman–Crippen LogP) is 4.50. The summed E-state index contributed by atoms with van der Waals surface area (Å²) in [5.74, 6) is 1.01. The van der Waals surface area contributed by atoms with Crippen molar-refractivity contribution in [1.82, 2.24) is 10.2 Å². The molecule has 0 fully saturated rings. The zero-order chi connectivity index (χ0) is 23.2. The van der Waals surface area contributed by atoms with Crippen LogP contribution in [0.4, 0.5) is 0 Å². The van der Waals surface area contributed by atoms with Crippen LogP contribution in [0, 0.1) is 0 Å². The Labute approximate surface area is 194 Å². The number of rotatable bonds is 9. The molecule has 0 aliphatic carbocycles. The number of fused-ring (bicyclic) bond motifs is 1. The van der Waals surface area contributed by atoms with Gasteiger partial charge in [-0.3, -0.25) is 9.59 Å². The molecule has 1 aliphatic heterocycles. The van der Waals surface area contributed by atoms with Crippen molar-refractivity contribution in [3.8, 4) is 11.5 Å². The third-order valence-electron chi connectivity index (χ3n) is 5.81. The number of nitrogens with one attached hydrogen (secondary N) is 1. The van der Waals surface area contributed by atoms with Crippen LogP contribution in [0.15, 0.2) is 72.8 Å². The van der Waals surface area contributed by atoms with Gasteiger partial charge in [0.2, 0.25) is 5.91 Å². The maximum Gasteiger partial charge on any atom is 0.255 e. The normalized spacial score (nSPS) is 13.4. The van der Waals surface area contributed by atoms with E-state index in [1.807, 2.05) is 79.7 Å². The van der Waals surface area contributed by atoms with Crippen molar-refractivity contribution in [1.29, 1.82) is 0 Å². The summed E-state index contributed by atoms with van der Waals surface area (Å²) in [6, 6.07) is 22.5. The van der Waals surface area contributed by atoms with Gasteiger partial charge in [-0.1, -0.05) is 54.6 Å². The number of ether oxygens (including phenoxy) is 2. The number of benzene rings is 3. The molecule has 3 aromatic rings. The molecule has 0 unspecified atom stereocenters. The van der Waals surface area contributed by atoms with Crippen LogP contribution < -0.4 is 14.8 Å². The summed E-state index contributed by atoms with van der Waals surface area (Å²) in [6.07, 6.45) is 0.143. The van der Waals surface area contributed by atoms with Crippen molar-refractivity contribution in [2.24, 2.45) is 0 Å². The van der Waals surface area contributed by atoms with E-state index in [2.05, 4.69) is 5.32 Å². The van der Waals surface area contributed by atoms with E-state index < -0.39 is 6.04 Å². The molecule has 0 saturated carbocycles. The highest BCUT2D eigenvalue weighted by atomic mass is 16.5. The lowest BCUT2D eigenvalue weighted by Gasteiger charge is -2.28. The van der Waals surface area contributed by atoms with E-state index in [9.17, 15) is 9.59 Å². The van der Waals surface area contributed by atoms with Gasteiger partial charge in [0, 0.05) is 18.7 Å². The summed E-state index contributed by atoms with van der Waals surface area (Å²) >= 11 is 0. The van der Waals surface area contributed by atoms with Crippen molar-refractivity contribution in [2.45, 2.75) is 32.5 Å². The summed E-state index contributed by atoms with van der Waals surface area (Å²) in [5.41, 5.74) is 3.50. The van der Waals surface area contributed by atoms with E-state index in [-0.39, 0.29) is 18.2 Å². The Balaban J connectivity index is 1.60. The summed E-state index contributed by atoms with van der Waals surface area (Å²) in [7, 11) is 1.58. The lowest BCUT2D eigenvalue weighted by Crippen LogP contribution is -2.34. The summed E-state index contributed by atoms with van der Waals surface area (Å²) < 4.78 is 11.2. The number of hydrogen-bond acceptors (Lipinski definition) is 4. The molecular weight excluding hydrogens is 416 g/mol. The molecule has 6 heteroatoms. The van der Waals surface area contributed by atoms with Crippen molar-refractivity contribution < 1.29 is 19.1 Å². The van der Waals surface area contributed by atoms with E-state index in [0.717, 1.165) is 16.7 Å². The van der Waals surface area contributed by atoms with Crippen LogP contribution in [0.1, 0.15) is 46.4 Å². The first-order chi connectivity index (χ1) is 16.1. The minimum Gasteiger partial charge on any atom is -0.493 e. The fourth-order valence-corrected chi connectivity index (χ4v) is 4.15. The molecule has 33 heavy (non-hydrogen) atoms. The highest BCUT2D eigenvalue weighted by Crippen LogP contribution is 2.37. The van der Waals surface area contributed by atoms with Crippen LogP contribution in [0.25, 0.3) is 0 Å². The standard InChI is InChI=1S/C27H28N2O4/c1-3-33-24-14-13-20(15-25(24)32-2)23(16-26(30)28-17-19-9-5-4-6-10-19)29-18-21-11-7-8-12-22(21)27(29)31/h4-15,23H,3,16-18H2,1-2H3,(H,28,30)/t23-/m1/s1. The molecule has 2 amide bonds. The van der Waals surface area contributed by atoms with Crippen LogP contribution in [-0.4, -0.2) is 30.4 Å². The highest BCUT2D eigenvalue weighted by molar-refractivity contribution is 5.98. The first kappa shape index (κ1) is 22.4.